The molecule has 3 nitrogen and oxygen atoms in total. The number of hydrogen-bond donors (Lipinski definition) is 0. The second kappa shape index (κ2) is 3.35. The number of nitrogens with zero attached hydrogens (tertiary/aromatic N) is 2. The van der Waals surface area contributed by atoms with Gasteiger partial charge in [0.05, 0.1) is 4.88 Å². The first-order chi connectivity index (χ1) is 6.29. The summed E-state index contributed by atoms with van der Waals surface area (Å²) < 4.78 is 0. The fraction of sp³-hybridized carbons (Fsp3) is 0.125. The molecular formula is C8H6N2OS2. The molecule has 2 heterocycles. The monoisotopic (exact) mass is 210 g/mol. The van der Waals surface area contributed by atoms with Gasteiger partial charge < -0.3 is 0 Å². The van der Waals surface area contributed by atoms with Gasteiger partial charge in [-0.1, -0.05) is 0 Å². The van der Waals surface area contributed by atoms with E-state index in [9.17, 15) is 4.79 Å². The maximum atomic E-state index is 10.4. The molecule has 0 saturated heterocycles. The Kier molecular flexibility index (Phi) is 2.20. The zero-order chi connectivity index (χ0) is 9.26. The molecule has 0 N–H and O–H groups in total. The van der Waals surface area contributed by atoms with Crippen LogP contribution in [0.2, 0.25) is 0 Å². The predicted molar refractivity (Wildman–Crippen MR) is 53.3 cm³/mol. The van der Waals surface area contributed by atoms with Crippen LogP contribution >= 0.6 is 22.7 Å². The van der Waals surface area contributed by atoms with Gasteiger partial charge >= 0.3 is 0 Å². The van der Waals surface area contributed by atoms with E-state index in [2.05, 4.69) is 9.97 Å². The highest BCUT2D eigenvalue weighted by molar-refractivity contribution is 7.21. The van der Waals surface area contributed by atoms with E-state index in [1.165, 1.54) is 11.3 Å². The Hall–Kier alpha value is -1.07. The van der Waals surface area contributed by atoms with Crippen LogP contribution in [-0.2, 0) is 0 Å². The van der Waals surface area contributed by atoms with E-state index in [4.69, 9.17) is 0 Å². The van der Waals surface area contributed by atoms with Crippen molar-refractivity contribution in [3.63, 3.8) is 0 Å². The Morgan fingerprint density at radius 2 is 2.31 bits per heavy atom. The van der Waals surface area contributed by atoms with Crippen molar-refractivity contribution in [3.8, 4) is 10.0 Å². The number of thiazole rings is 2. The minimum Gasteiger partial charge on any atom is -0.297 e. The van der Waals surface area contributed by atoms with Gasteiger partial charge in [-0.05, 0) is 6.92 Å². The predicted octanol–water partition coefficient (Wildman–Crippen LogP) is 2.39. The number of aldehydes is 1. The van der Waals surface area contributed by atoms with E-state index in [0.29, 0.717) is 4.88 Å². The molecule has 0 aliphatic carbocycles. The lowest BCUT2D eigenvalue weighted by atomic mass is 10.6. The molecule has 0 aliphatic rings. The van der Waals surface area contributed by atoms with E-state index in [-0.39, 0.29) is 0 Å². The number of carbonyl (C=O) groups is 1. The molecule has 2 rings (SSSR count). The van der Waals surface area contributed by atoms with Crippen LogP contribution in [-0.4, -0.2) is 16.3 Å². The number of carbonyl (C=O) groups excluding carboxylic acids is 1. The van der Waals surface area contributed by atoms with Crippen LogP contribution in [0.3, 0.4) is 0 Å². The van der Waals surface area contributed by atoms with E-state index in [0.717, 1.165) is 22.0 Å². The van der Waals surface area contributed by atoms with Crippen LogP contribution in [0.4, 0.5) is 0 Å². The molecule has 0 unspecified atom stereocenters. The summed E-state index contributed by atoms with van der Waals surface area (Å²) in [5.74, 6) is 0. The molecule has 0 aliphatic heterocycles. The van der Waals surface area contributed by atoms with Gasteiger partial charge in [0.1, 0.15) is 0 Å². The van der Waals surface area contributed by atoms with Gasteiger partial charge in [0, 0.05) is 17.3 Å². The van der Waals surface area contributed by atoms with Gasteiger partial charge in [-0.25, -0.2) is 9.97 Å². The van der Waals surface area contributed by atoms with Crippen molar-refractivity contribution in [1.82, 2.24) is 9.97 Å². The minimum absolute atomic E-state index is 0.642. The molecular weight excluding hydrogens is 204 g/mol. The fourth-order valence-electron chi connectivity index (χ4n) is 0.892. The van der Waals surface area contributed by atoms with Gasteiger partial charge in [-0.3, -0.25) is 4.79 Å². The van der Waals surface area contributed by atoms with Crippen molar-refractivity contribution in [2.24, 2.45) is 0 Å². The minimum atomic E-state index is 0.642. The quantitative estimate of drug-likeness (QED) is 0.715. The van der Waals surface area contributed by atoms with E-state index >= 15 is 0 Å². The lowest BCUT2D eigenvalue weighted by Gasteiger charge is -1.83. The van der Waals surface area contributed by atoms with Crippen LogP contribution < -0.4 is 0 Å². The summed E-state index contributed by atoms with van der Waals surface area (Å²) in [5, 5.41) is 3.67. The molecule has 0 fully saturated rings. The fourth-order valence-corrected chi connectivity index (χ4v) is 2.46. The summed E-state index contributed by atoms with van der Waals surface area (Å²) in [5.41, 5.74) is 0.989. The number of hydrogen-bond acceptors (Lipinski definition) is 5. The molecule has 0 radical (unpaired) electrons. The standard InChI is InChI=1S/C8H6N2OS2/c1-5-4-12-8(10-5)7-9-2-6(3-11)13-7/h2-4H,1H3. The average Bonchev–Trinajstić information content (AvgIpc) is 2.71. The zero-order valence-electron chi connectivity index (χ0n) is 6.85. The number of aromatic nitrogens is 2. The highest BCUT2D eigenvalue weighted by Crippen LogP contribution is 2.26. The number of rotatable bonds is 2. The van der Waals surface area contributed by atoms with Crippen molar-refractivity contribution in [3.05, 3.63) is 22.1 Å². The Morgan fingerprint density at radius 1 is 1.46 bits per heavy atom. The third-order valence-electron chi connectivity index (χ3n) is 1.44. The topological polar surface area (TPSA) is 42.9 Å². The molecule has 2 aromatic heterocycles. The summed E-state index contributed by atoms with van der Waals surface area (Å²) in [6.07, 6.45) is 2.38. The summed E-state index contributed by atoms with van der Waals surface area (Å²) in [6.45, 7) is 1.94. The summed E-state index contributed by atoms with van der Waals surface area (Å²) in [7, 11) is 0. The van der Waals surface area contributed by atoms with Crippen molar-refractivity contribution in [1.29, 1.82) is 0 Å². The smallest absolute Gasteiger partial charge is 0.161 e. The van der Waals surface area contributed by atoms with E-state index < -0.39 is 0 Å². The van der Waals surface area contributed by atoms with Crippen molar-refractivity contribution >= 4 is 29.0 Å². The van der Waals surface area contributed by atoms with Crippen LogP contribution in [0.5, 0.6) is 0 Å². The lowest BCUT2D eigenvalue weighted by Crippen LogP contribution is -1.73. The summed E-state index contributed by atoms with van der Waals surface area (Å²) >= 11 is 2.92. The maximum absolute atomic E-state index is 10.4. The first kappa shape index (κ1) is 8.52. The van der Waals surface area contributed by atoms with Crippen molar-refractivity contribution < 1.29 is 4.79 Å². The molecule has 2 aromatic rings. The third-order valence-corrected chi connectivity index (χ3v) is 3.47. The average molecular weight is 210 g/mol. The number of aryl methyl sites for hydroxylation is 1. The Bertz CT molecular complexity index is 433. The normalized spacial score (nSPS) is 10.2. The van der Waals surface area contributed by atoms with Crippen LogP contribution in [0.15, 0.2) is 11.6 Å². The van der Waals surface area contributed by atoms with E-state index in [1.54, 1.807) is 17.5 Å². The molecule has 0 aromatic carbocycles. The molecule has 0 spiro atoms. The molecule has 0 atom stereocenters. The summed E-state index contributed by atoms with van der Waals surface area (Å²) in [6, 6.07) is 0. The Labute approximate surface area is 83.1 Å². The Morgan fingerprint density at radius 3 is 2.85 bits per heavy atom. The first-order valence-electron chi connectivity index (χ1n) is 3.63. The van der Waals surface area contributed by atoms with Crippen LogP contribution in [0.1, 0.15) is 15.4 Å². The van der Waals surface area contributed by atoms with Gasteiger partial charge in [0.25, 0.3) is 0 Å². The highest BCUT2D eigenvalue weighted by Gasteiger charge is 2.07. The molecule has 66 valence electrons. The first-order valence-corrected chi connectivity index (χ1v) is 5.32. The van der Waals surface area contributed by atoms with Gasteiger partial charge in [0.2, 0.25) is 0 Å². The molecule has 0 amide bonds. The maximum Gasteiger partial charge on any atom is 0.161 e. The molecule has 0 bridgehead atoms. The van der Waals surface area contributed by atoms with Crippen molar-refractivity contribution in [2.75, 3.05) is 0 Å². The van der Waals surface area contributed by atoms with Crippen molar-refractivity contribution in [2.45, 2.75) is 6.92 Å². The third kappa shape index (κ3) is 1.66. The molecule has 0 saturated carbocycles. The second-order valence-corrected chi connectivity index (χ2v) is 4.40. The Balaban J connectivity index is 2.40. The summed E-state index contributed by atoms with van der Waals surface area (Å²) in [4.78, 5) is 19.4. The van der Waals surface area contributed by atoms with Crippen LogP contribution in [0.25, 0.3) is 10.0 Å². The van der Waals surface area contributed by atoms with Gasteiger partial charge in [-0.15, -0.1) is 22.7 Å². The largest absolute Gasteiger partial charge is 0.297 e. The SMILES string of the molecule is Cc1csc(-c2ncc(C=O)s2)n1. The molecule has 13 heavy (non-hydrogen) atoms. The highest BCUT2D eigenvalue weighted by atomic mass is 32.1. The van der Waals surface area contributed by atoms with E-state index in [1.807, 2.05) is 12.3 Å². The van der Waals surface area contributed by atoms with Crippen LogP contribution in [0, 0.1) is 6.92 Å². The lowest BCUT2D eigenvalue weighted by molar-refractivity contribution is 0.112. The second-order valence-electron chi connectivity index (χ2n) is 2.48. The van der Waals surface area contributed by atoms with Gasteiger partial charge in [0.15, 0.2) is 16.3 Å². The van der Waals surface area contributed by atoms with Gasteiger partial charge in [-0.2, -0.15) is 0 Å². The molecule has 5 heteroatoms. The zero-order valence-corrected chi connectivity index (χ0v) is 8.48.